The molecule has 3 aromatic rings. The fourth-order valence-corrected chi connectivity index (χ4v) is 2.40. The quantitative estimate of drug-likeness (QED) is 0.681. The molecule has 0 N–H and O–H groups in total. The van der Waals surface area contributed by atoms with E-state index in [0.717, 1.165) is 16.7 Å². The summed E-state index contributed by atoms with van der Waals surface area (Å²) in [7, 11) is 1.68. The lowest BCUT2D eigenvalue weighted by Crippen LogP contribution is -2.31. The smallest absolute Gasteiger partial charge is 0.260 e. The van der Waals surface area contributed by atoms with Crippen LogP contribution in [0.5, 0.6) is 5.75 Å². The minimum Gasteiger partial charge on any atom is -0.484 e. The maximum absolute atomic E-state index is 12.3. The highest BCUT2D eigenvalue weighted by atomic mass is 16.5. The molecule has 0 saturated carbocycles. The number of hydrogen-bond acceptors (Lipinski definition) is 5. The first-order valence-corrected chi connectivity index (χ1v) is 8.35. The Labute approximate surface area is 152 Å². The third-order valence-corrected chi connectivity index (χ3v) is 4.02. The lowest BCUT2D eigenvalue weighted by Gasteiger charge is -2.15. The van der Waals surface area contributed by atoms with Gasteiger partial charge in [-0.15, -0.1) is 0 Å². The third kappa shape index (κ3) is 4.27. The molecule has 0 fully saturated rings. The van der Waals surface area contributed by atoms with Gasteiger partial charge in [0, 0.05) is 12.6 Å². The molecule has 1 heterocycles. The number of carbonyl (C=O) groups excluding carboxylic acids is 1. The molecule has 0 radical (unpaired) electrons. The van der Waals surface area contributed by atoms with Gasteiger partial charge in [0.15, 0.2) is 6.61 Å². The first-order valence-electron chi connectivity index (χ1n) is 8.35. The van der Waals surface area contributed by atoms with Crippen molar-refractivity contribution in [2.45, 2.75) is 20.4 Å². The first kappa shape index (κ1) is 17.7. The van der Waals surface area contributed by atoms with Gasteiger partial charge in [0.05, 0.1) is 6.54 Å². The molecule has 0 atom stereocenters. The molecule has 134 valence electrons. The molecule has 0 aliphatic heterocycles. The lowest BCUT2D eigenvalue weighted by molar-refractivity contribution is -0.132. The van der Waals surface area contributed by atoms with Crippen LogP contribution >= 0.6 is 0 Å². The summed E-state index contributed by atoms with van der Waals surface area (Å²) >= 11 is 0. The molecule has 0 unspecified atom stereocenters. The van der Waals surface area contributed by atoms with Crippen LogP contribution in [-0.4, -0.2) is 34.6 Å². The molecule has 1 aromatic heterocycles. The van der Waals surface area contributed by atoms with Gasteiger partial charge >= 0.3 is 0 Å². The van der Waals surface area contributed by atoms with Crippen molar-refractivity contribution < 1.29 is 14.1 Å². The van der Waals surface area contributed by atoms with Crippen LogP contribution < -0.4 is 4.74 Å². The summed E-state index contributed by atoms with van der Waals surface area (Å²) in [6.45, 7) is 4.15. The minimum atomic E-state index is -0.164. The van der Waals surface area contributed by atoms with Crippen molar-refractivity contribution in [2.75, 3.05) is 13.7 Å². The summed E-state index contributed by atoms with van der Waals surface area (Å²) in [5, 5.41) is 3.98. The van der Waals surface area contributed by atoms with Crippen LogP contribution in [0.2, 0.25) is 0 Å². The fraction of sp³-hybridized carbons (Fsp3) is 0.250. The lowest BCUT2D eigenvalue weighted by atomic mass is 10.1. The Morgan fingerprint density at radius 1 is 1.12 bits per heavy atom. The summed E-state index contributed by atoms with van der Waals surface area (Å²) in [4.78, 5) is 18.1. The number of para-hydroxylation sites is 1. The van der Waals surface area contributed by atoms with E-state index >= 15 is 0 Å². The topological polar surface area (TPSA) is 68.5 Å². The molecule has 0 spiro atoms. The van der Waals surface area contributed by atoms with Crippen molar-refractivity contribution in [3.63, 3.8) is 0 Å². The summed E-state index contributed by atoms with van der Waals surface area (Å²) < 4.78 is 10.8. The highest BCUT2D eigenvalue weighted by Crippen LogP contribution is 2.18. The van der Waals surface area contributed by atoms with Crippen molar-refractivity contribution in [3.8, 4) is 17.1 Å². The average Bonchev–Trinajstić information content (AvgIpc) is 3.09. The number of nitrogens with zero attached hydrogens (tertiary/aromatic N) is 3. The maximum atomic E-state index is 12.3. The van der Waals surface area contributed by atoms with Crippen molar-refractivity contribution in [2.24, 2.45) is 0 Å². The van der Waals surface area contributed by atoms with E-state index < -0.39 is 0 Å². The van der Waals surface area contributed by atoms with Gasteiger partial charge in [0.1, 0.15) is 5.75 Å². The van der Waals surface area contributed by atoms with Crippen LogP contribution in [0.3, 0.4) is 0 Å². The number of carbonyl (C=O) groups is 1. The minimum absolute atomic E-state index is 0.0414. The fourth-order valence-electron chi connectivity index (χ4n) is 2.40. The Bertz CT molecular complexity index is 887. The summed E-state index contributed by atoms with van der Waals surface area (Å²) in [5.41, 5.74) is 3.03. The second-order valence-corrected chi connectivity index (χ2v) is 6.18. The highest BCUT2D eigenvalue weighted by Gasteiger charge is 2.15. The molecular weight excluding hydrogens is 330 g/mol. The summed E-state index contributed by atoms with van der Waals surface area (Å²) in [6, 6.07) is 15.4. The van der Waals surface area contributed by atoms with E-state index in [1.165, 1.54) is 4.90 Å². The van der Waals surface area contributed by atoms with Gasteiger partial charge in [0.25, 0.3) is 5.91 Å². The highest BCUT2D eigenvalue weighted by molar-refractivity contribution is 5.77. The molecule has 6 nitrogen and oxygen atoms in total. The molecule has 3 rings (SSSR count). The number of aromatic nitrogens is 2. The first-order chi connectivity index (χ1) is 12.5. The van der Waals surface area contributed by atoms with Crippen LogP contribution in [0.15, 0.2) is 53.1 Å². The third-order valence-electron chi connectivity index (χ3n) is 4.02. The Morgan fingerprint density at radius 2 is 1.85 bits per heavy atom. The Morgan fingerprint density at radius 3 is 2.58 bits per heavy atom. The van der Waals surface area contributed by atoms with Crippen LogP contribution in [0.1, 0.15) is 17.0 Å². The van der Waals surface area contributed by atoms with Crippen molar-refractivity contribution in [3.05, 3.63) is 65.5 Å². The zero-order valence-corrected chi connectivity index (χ0v) is 15.1. The Kier molecular flexibility index (Phi) is 5.31. The van der Waals surface area contributed by atoms with Crippen LogP contribution in [0.25, 0.3) is 11.4 Å². The van der Waals surface area contributed by atoms with E-state index in [2.05, 4.69) is 10.1 Å². The zero-order chi connectivity index (χ0) is 18.5. The van der Waals surface area contributed by atoms with E-state index in [0.29, 0.717) is 17.5 Å². The molecule has 0 saturated heterocycles. The van der Waals surface area contributed by atoms with E-state index in [1.807, 2.05) is 62.4 Å². The number of likely N-dealkylation sites (N-methyl/N-ethyl adjacent to an activating group) is 1. The molecule has 2 aromatic carbocycles. The van der Waals surface area contributed by atoms with Gasteiger partial charge < -0.3 is 14.2 Å². The molecule has 6 heteroatoms. The number of benzene rings is 2. The number of aryl methyl sites for hydroxylation is 2. The van der Waals surface area contributed by atoms with Gasteiger partial charge in [-0.2, -0.15) is 4.98 Å². The number of hydrogen-bond donors (Lipinski definition) is 0. The van der Waals surface area contributed by atoms with Gasteiger partial charge in [-0.25, -0.2) is 0 Å². The SMILES string of the molecule is Cc1ccc(-c2noc(CN(C)C(=O)COc3ccccc3C)n2)cc1. The van der Waals surface area contributed by atoms with Gasteiger partial charge in [-0.1, -0.05) is 53.2 Å². The van der Waals surface area contributed by atoms with Crippen molar-refractivity contribution >= 4 is 5.91 Å². The maximum Gasteiger partial charge on any atom is 0.260 e. The Hall–Kier alpha value is -3.15. The van der Waals surface area contributed by atoms with E-state index in [9.17, 15) is 4.79 Å². The summed E-state index contributed by atoms with van der Waals surface area (Å²) in [6.07, 6.45) is 0. The molecule has 0 aliphatic rings. The van der Waals surface area contributed by atoms with Crippen LogP contribution in [0.4, 0.5) is 0 Å². The monoisotopic (exact) mass is 351 g/mol. The van der Waals surface area contributed by atoms with Gasteiger partial charge in [-0.05, 0) is 25.5 Å². The predicted molar refractivity (Wildman–Crippen MR) is 97.6 cm³/mol. The number of amides is 1. The average molecular weight is 351 g/mol. The zero-order valence-electron chi connectivity index (χ0n) is 15.1. The molecule has 1 amide bonds. The molecular formula is C20H21N3O3. The summed E-state index contributed by atoms with van der Waals surface area (Å²) in [5.74, 6) is 1.43. The molecule has 0 bridgehead atoms. The largest absolute Gasteiger partial charge is 0.484 e. The molecule has 0 aliphatic carbocycles. The number of rotatable bonds is 6. The number of ether oxygens (including phenoxy) is 1. The van der Waals surface area contributed by atoms with Crippen LogP contribution in [0, 0.1) is 13.8 Å². The Balaban J connectivity index is 1.57. The van der Waals surface area contributed by atoms with Crippen molar-refractivity contribution in [1.82, 2.24) is 15.0 Å². The predicted octanol–water partition coefficient (Wildman–Crippen LogP) is 3.39. The van der Waals surface area contributed by atoms with E-state index in [-0.39, 0.29) is 19.1 Å². The van der Waals surface area contributed by atoms with Crippen molar-refractivity contribution in [1.29, 1.82) is 0 Å². The van der Waals surface area contributed by atoms with E-state index in [1.54, 1.807) is 7.05 Å². The second-order valence-electron chi connectivity index (χ2n) is 6.18. The standard InChI is InChI=1S/C20H21N3O3/c1-14-8-10-16(11-9-14)20-21-18(26-22-20)12-23(3)19(24)13-25-17-7-5-4-6-15(17)2/h4-11H,12-13H2,1-3H3. The molecule has 26 heavy (non-hydrogen) atoms. The second kappa shape index (κ2) is 7.82. The normalized spacial score (nSPS) is 10.6. The van der Waals surface area contributed by atoms with E-state index in [4.69, 9.17) is 9.26 Å². The van der Waals surface area contributed by atoms with Crippen LogP contribution in [-0.2, 0) is 11.3 Å². The van der Waals surface area contributed by atoms with Gasteiger partial charge in [0.2, 0.25) is 11.7 Å². The van der Waals surface area contributed by atoms with Gasteiger partial charge in [-0.3, -0.25) is 4.79 Å².